The molecule has 17 heavy (non-hydrogen) atoms. The molecule has 0 saturated heterocycles. The number of amides is 1. The summed E-state index contributed by atoms with van der Waals surface area (Å²) in [4.78, 5) is 17.1. The van der Waals surface area contributed by atoms with Crippen molar-refractivity contribution in [3.63, 3.8) is 0 Å². The van der Waals surface area contributed by atoms with E-state index >= 15 is 0 Å². The van der Waals surface area contributed by atoms with Crippen molar-refractivity contribution < 1.29 is 4.79 Å². The number of hydrogen-bond donors (Lipinski definition) is 1. The molecule has 4 nitrogen and oxygen atoms in total. The Morgan fingerprint density at radius 2 is 2.47 bits per heavy atom. The van der Waals surface area contributed by atoms with Crippen LogP contribution in [-0.4, -0.2) is 10.9 Å². The van der Waals surface area contributed by atoms with E-state index < -0.39 is 5.41 Å². The van der Waals surface area contributed by atoms with E-state index in [1.165, 1.54) is 0 Å². The lowest BCUT2D eigenvalue weighted by Gasteiger charge is -2.39. The molecule has 0 unspecified atom stereocenters. The lowest BCUT2D eigenvalue weighted by atomic mass is 9.63. The topological polar surface area (TPSA) is 65.8 Å². The lowest BCUT2D eigenvalue weighted by Crippen LogP contribution is -2.47. The molecule has 0 spiro atoms. The maximum absolute atomic E-state index is 12.0. The van der Waals surface area contributed by atoms with Crippen molar-refractivity contribution >= 4 is 17.2 Å². The van der Waals surface area contributed by atoms with Gasteiger partial charge < -0.3 is 5.32 Å². The molecule has 5 heteroatoms. The molecule has 1 aromatic rings. The van der Waals surface area contributed by atoms with Crippen LogP contribution in [0.15, 0.2) is 6.20 Å². The van der Waals surface area contributed by atoms with Crippen LogP contribution in [0, 0.1) is 29.6 Å². The summed E-state index contributed by atoms with van der Waals surface area (Å²) in [7, 11) is 0. The van der Waals surface area contributed by atoms with E-state index in [1.807, 2.05) is 6.92 Å². The van der Waals surface area contributed by atoms with Gasteiger partial charge in [-0.3, -0.25) is 4.79 Å². The minimum absolute atomic E-state index is 0.135. The van der Waals surface area contributed by atoms with E-state index in [4.69, 9.17) is 5.26 Å². The molecule has 0 radical (unpaired) electrons. The highest BCUT2D eigenvalue weighted by Crippen LogP contribution is 2.45. The van der Waals surface area contributed by atoms with Crippen LogP contribution in [0.25, 0.3) is 0 Å². The Balaban J connectivity index is 1.92. The summed E-state index contributed by atoms with van der Waals surface area (Å²) in [6, 6.07) is 2.16. The van der Waals surface area contributed by atoms with E-state index in [-0.39, 0.29) is 5.91 Å². The first-order valence-corrected chi connectivity index (χ1v) is 6.48. The number of carbonyl (C=O) groups is 1. The van der Waals surface area contributed by atoms with Gasteiger partial charge in [0, 0.05) is 11.1 Å². The molecular weight excluding hydrogens is 234 g/mol. The minimum atomic E-state index is -0.779. The van der Waals surface area contributed by atoms with E-state index in [9.17, 15) is 4.79 Å². The molecule has 1 aliphatic carbocycles. The van der Waals surface area contributed by atoms with Gasteiger partial charge in [-0.2, -0.15) is 5.26 Å². The second-order valence-electron chi connectivity index (χ2n) is 4.74. The average molecular weight is 249 g/mol. The van der Waals surface area contributed by atoms with Crippen LogP contribution in [0.3, 0.4) is 0 Å². The SMILES string of the molecule is Cc1ncc(CNC(=O)C2(C#N)CC(C)C2)s1. The van der Waals surface area contributed by atoms with Crippen molar-refractivity contribution in [3.8, 4) is 6.07 Å². The number of aromatic nitrogens is 1. The molecule has 1 saturated carbocycles. The maximum Gasteiger partial charge on any atom is 0.240 e. The number of nitrogens with zero attached hydrogens (tertiary/aromatic N) is 2. The van der Waals surface area contributed by atoms with Gasteiger partial charge in [-0.15, -0.1) is 11.3 Å². The molecule has 2 rings (SSSR count). The molecule has 0 aliphatic heterocycles. The van der Waals surface area contributed by atoms with Crippen molar-refractivity contribution in [2.24, 2.45) is 11.3 Å². The third-order valence-corrected chi connectivity index (χ3v) is 4.05. The number of nitrogens with one attached hydrogen (secondary N) is 1. The van der Waals surface area contributed by atoms with Crippen molar-refractivity contribution in [2.75, 3.05) is 0 Å². The van der Waals surface area contributed by atoms with Crippen LogP contribution < -0.4 is 5.32 Å². The number of hydrogen-bond acceptors (Lipinski definition) is 4. The number of aryl methyl sites for hydroxylation is 1. The van der Waals surface area contributed by atoms with Crippen molar-refractivity contribution in [3.05, 3.63) is 16.1 Å². The van der Waals surface area contributed by atoms with Crippen LogP contribution in [-0.2, 0) is 11.3 Å². The summed E-state index contributed by atoms with van der Waals surface area (Å²) < 4.78 is 0. The number of thiazole rings is 1. The number of nitriles is 1. The van der Waals surface area contributed by atoms with E-state index in [0.717, 1.165) is 9.88 Å². The Morgan fingerprint density at radius 1 is 1.76 bits per heavy atom. The molecular formula is C12H15N3OS. The highest BCUT2D eigenvalue weighted by molar-refractivity contribution is 7.11. The molecule has 0 aromatic carbocycles. The second-order valence-corrected chi connectivity index (χ2v) is 6.05. The molecule has 1 heterocycles. The molecule has 1 fully saturated rings. The summed E-state index contributed by atoms with van der Waals surface area (Å²) in [5.74, 6) is 0.343. The van der Waals surface area contributed by atoms with Gasteiger partial charge >= 0.3 is 0 Å². The molecule has 1 aromatic heterocycles. The standard InChI is InChI=1S/C12H15N3OS/c1-8-3-12(4-8,7-13)11(16)15-6-10-5-14-9(2)17-10/h5,8H,3-4,6H2,1-2H3,(H,15,16). The van der Waals surface area contributed by atoms with Crippen molar-refractivity contribution in [1.29, 1.82) is 5.26 Å². The molecule has 1 N–H and O–H groups in total. The van der Waals surface area contributed by atoms with Crippen LogP contribution in [0.2, 0.25) is 0 Å². The van der Waals surface area contributed by atoms with Gasteiger partial charge in [0.05, 0.1) is 17.6 Å². The molecule has 1 amide bonds. The molecule has 0 atom stereocenters. The number of carbonyl (C=O) groups excluding carboxylic acids is 1. The van der Waals surface area contributed by atoms with Gasteiger partial charge in [0.2, 0.25) is 5.91 Å². The predicted molar refractivity (Wildman–Crippen MR) is 65.1 cm³/mol. The highest BCUT2D eigenvalue weighted by atomic mass is 32.1. The Bertz CT molecular complexity index is 468. The zero-order valence-corrected chi connectivity index (χ0v) is 10.8. The van der Waals surface area contributed by atoms with Gasteiger partial charge in [0.25, 0.3) is 0 Å². The normalized spacial score (nSPS) is 27.0. The predicted octanol–water partition coefficient (Wildman–Crippen LogP) is 2.01. The smallest absolute Gasteiger partial charge is 0.240 e. The van der Waals surface area contributed by atoms with Gasteiger partial charge in [-0.05, 0) is 25.7 Å². The van der Waals surface area contributed by atoms with Crippen molar-refractivity contribution in [2.45, 2.75) is 33.2 Å². The largest absolute Gasteiger partial charge is 0.350 e. The van der Waals surface area contributed by atoms with E-state index in [1.54, 1.807) is 17.5 Å². The van der Waals surface area contributed by atoms with E-state index in [0.29, 0.717) is 25.3 Å². The first kappa shape index (κ1) is 12.1. The fraction of sp³-hybridized carbons (Fsp3) is 0.583. The van der Waals surface area contributed by atoms with E-state index in [2.05, 4.69) is 23.3 Å². The average Bonchev–Trinajstić information content (AvgIpc) is 2.67. The Kier molecular flexibility index (Phi) is 3.16. The summed E-state index contributed by atoms with van der Waals surface area (Å²) in [5, 5.41) is 12.9. The minimum Gasteiger partial charge on any atom is -0.350 e. The quantitative estimate of drug-likeness (QED) is 0.891. The third-order valence-electron chi connectivity index (χ3n) is 3.13. The summed E-state index contributed by atoms with van der Waals surface area (Å²) in [6.45, 7) is 4.47. The maximum atomic E-state index is 12.0. The number of rotatable bonds is 3. The van der Waals surface area contributed by atoms with Gasteiger partial charge in [0.1, 0.15) is 5.41 Å². The summed E-state index contributed by atoms with van der Waals surface area (Å²) >= 11 is 1.57. The zero-order chi connectivity index (χ0) is 12.5. The highest BCUT2D eigenvalue weighted by Gasteiger charge is 2.48. The lowest BCUT2D eigenvalue weighted by molar-refractivity contribution is -0.134. The fourth-order valence-electron chi connectivity index (χ4n) is 2.28. The van der Waals surface area contributed by atoms with Crippen LogP contribution in [0.5, 0.6) is 0 Å². The first-order valence-electron chi connectivity index (χ1n) is 5.66. The van der Waals surface area contributed by atoms with Crippen LogP contribution in [0.4, 0.5) is 0 Å². The monoisotopic (exact) mass is 249 g/mol. The molecule has 0 bridgehead atoms. The van der Waals surface area contributed by atoms with Crippen LogP contribution in [0.1, 0.15) is 29.7 Å². The zero-order valence-electron chi connectivity index (χ0n) is 9.99. The fourth-order valence-corrected chi connectivity index (χ4v) is 3.02. The Labute approximate surface area is 105 Å². The van der Waals surface area contributed by atoms with Gasteiger partial charge in [0.15, 0.2) is 0 Å². The molecule has 90 valence electrons. The second kappa shape index (κ2) is 4.46. The van der Waals surface area contributed by atoms with Crippen LogP contribution >= 0.6 is 11.3 Å². The third kappa shape index (κ3) is 2.32. The van der Waals surface area contributed by atoms with Gasteiger partial charge in [-0.1, -0.05) is 6.92 Å². The van der Waals surface area contributed by atoms with Gasteiger partial charge in [-0.25, -0.2) is 4.98 Å². The summed E-state index contributed by atoms with van der Waals surface area (Å²) in [6.07, 6.45) is 3.12. The Morgan fingerprint density at radius 3 is 2.94 bits per heavy atom. The Hall–Kier alpha value is -1.41. The molecule has 1 aliphatic rings. The van der Waals surface area contributed by atoms with Crippen molar-refractivity contribution in [1.82, 2.24) is 10.3 Å². The summed E-state index contributed by atoms with van der Waals surface area (Å²) in [5.41, 5.74) is -0.779. The first-order chi connectivity index (χ1) is 8.05.